The highest BCUT2D eigenvalue weighted by Crippen LogP contribution is 2.36. The van der Waals surface area contributed by atoms with Gasteiger partial charge >= 0.3 is 0 Å². The molecule has 2 aliphatic rings. The number of fused-ring (bicyclic) bond motifs is 1. The van der Waals surface area contributed by atoms with Crippen molar-refractivity contribution in [2.24, 2.45) is 0 Å². The van der Waals surface area contributed by atoms with E-state index in [9.17, 15) is 4.79 Å². The Morgan fingerprint density at radius 2 is 2.14 bits per heavy atom. The molecule has 1 aliphatic heterocycles. The van der Waals surface area contributed by atoms with Gasteiger partial charge in [0.25, 0.3) is 0 Å². The van der Waals surface area contributed by atoms with E-state index in [-0.39, 0.29) is 5.92 Å². The number of carbonyl (C=O) groups is 1. The van der Waals surface area contributed by atoms with Crippen LogP contribution in [0.25, 0.3) is 0 Å². The summed E-state index contributed by atoms with van der Waals surface area (Å²) < 4.78 is 1.94. The largest absolute Gasteiger partial charge is 0.337 e. The third-order valence-electron chi connectivity index (χ3n) is 5.05. The maximum atomic E-state index is 13.0. The van der Waals surface area contributed by atoms with Crippen molar-refractivity contribution in [1.29, 1.82) is 0 Å². The van der Waals surface area contributed by atoms with Gasteiger partial charge in [-0.15, -0.1) is 0 Å². The highest BCUT2D eigenvalue weighted by Gasteiger charge is 2.36. The van der Waals surface area contributed by atoms with Gasteiger partial charge in [-0.25, -0.2) is 0 Å². The zero-order chi connectivity index (χ0) is 14.9. The van der Waals surface area contributed by atoms with E-state index in [1.807, 2.05) is 16.9 Å². The Morgan fingerprint density at radius 3 is 3.00 bits per heavy atom. The Hall–Kier alpha value is -2.10. The van der Waals surface area contributed by atoms with Gasteiger partial charge in [0.1, 0.15) is 0 Å². The monoisotopic (exact) mass is 295 g/mol. The molecule has 0 spiro atoms. The summed E-state index contributed by atoms with van der Waals surface area (Å²) in [5, 5.41) is 4.29. The van der Waals surface area contributed by atoms with Crippen molar-refractivity contribution in [3.63, 3.8) is 0 Å². The topological polar surface area (TPSA) is 38.1 Å². The number of carbonyl (C=O) groups excluding carboxylic acids is 1. The minimum atomic E-state index is 0.0643. The summed E-state index contributed by atoms with van der Waals surface area (Å²) in [5.74, 6) is 0.383. The van der Waals surface area contributed by atoms with Crippen LogP contribution in [0.15, 0.2) is 42.7 Å². The van der Waals surface area contributed by atoms with Gasteiger partial charge in [-0.3, -0.25) is 9.48 Å². The number of likely N-dealkylation sites (tertiary alicyclic amines) is 1. The summed E-state index contributed by atoms with van der Waals surface area (Å²) in [6.45, 7) is 1.70. The molecule has 4 nitrogen and oxygen atoms in total. The van der Waals surface area contributed by atoms with Crippen molar-refractivity contribution >= 4 is 5.91 Å². The fourth-order valence-electron chi connectivity index (χ4n) is 3.95. The zero-order valence-electron chi connectivity index (χ0n) is 12.7. The maximum absolute atomic E-state index is 13.0. The smallest absolute Gasteiger partial charge is 0.230 e. The minimum absolute atomic E-state index is 0.0643. The van der Waals surface area contributed by atoms with Gasteiger partial charge in [-0.1, -0.05) is 24.3 Å². The van der Waals surface area contributed by atoms with Gasteiger partial charge in [-0.05, 0) is 42.9 Å². The summed E-state index contributed by atoms with van der Waals surface area (Å²) in [7, 11) is 0. The van der Waals surface area contributed by atoms with E-state index < -0.39 is 0 Å². The normalized spacial score (nSPS) is 23.7. The molecule has 1 amide bonds. The van der Waals surface area contributed by atoms with Crippen molar-refractivity contribution < 1.29 is 4.79 Å². The summed E-state index contributed by atoms with van der Waals surface area (Å²) >= 11 is 0. The van der Waals surface area contributed by atoms with Crippen molar-refractivity contribution in [2.75, 3.05) is 6.54 Å². The molecular weight excluding hydrogens is 274 g/mol. The van der Waals surface area contributed by atoms with Gasteiger partial charge in [-0.2, -0.15) is 5.10 Å². The molecule has 0 unspecified atom stereocenters. The number of benzene rings is 1. The number of rotatable bonds is 3. The van der Waals surface area contributed by atoms with Crippen LogP contribution in [0, 0.1) is 0 Å². The Bertz CT molecular complexity index is 665. The Balaban J connectivity index is 1.52. The van der Waals surface area contributed by atoms with E-state index in [1.165, 1.54) is 11.1 Å². The molecule has 2 aromatic rings. The van der Waals surface area contributed by atoms with E-state index in [4.69, 9.17) is 0 Å². The standard InChI is InChI=1S/C18H21N3O/c22-18(17-9-8-14-5-1-2-7-16(14)17)21-12-3-6-15(21)13-20-11-4-10-19-20/h1-2,4-5,7,10-11,15,17H,3,6,8-9,12-13H2/t15-,17+/m0/s1. The fourth-order valence-corrected chi connectivity index (χ4v) is 3.95. The molecule has 0 bridgehead atoms. The van der Waals surface area contributed by atoms with Crippen LogP contribution in [0.2, 0.25) is 0 Å². The zero-order valence-corrected chi connectivity index (χ0v) is 12.7. The van der Waals surface area contributed by atoms with Gasteiger partial charge in [0.2, 0.25) is 5.91 Å². The SMILES string of the molecule is O=C([C@@H]1CCc2ccccc21)N1CCC[C@H]1Cn1cccn1. The van der Waals surface area contributed by atoms with E-state index in [2.05, 4.69) is 34.3 Å². The van der Waals surface area contributed by atoms with Crippen LogP contribution in [-0.4, -0.2) is 33.2 Å². The number of hydrogen-bond donors (Lipinski definition) is 0. The van der Waals surface area contributed by atoms with E-state index in [0.29, 0.717) is 11.9 Å². The first kappa shape index (κ1) is 13.6. The van der Waals surface area contributed by atoms with Crippen LogP contribution in [-0.2, 0) is 17.8 Å². The average molecular weight is 295 g/mol. The first-order chi connectivity index (χ1) is 10.8. The molecule has 4 heteroatoms. The highest BCUT2D eigenvalue weighted by molar-refractivity contribution is 5.85. The predicted molar refractivity (Wildman–Crippen MR) is 84.5 cm³/mol. The lowest BCUT2D eigenvalue weighted by Gasteiger charge is -2.27. The van der Waals surface area contributed by atoms with Crippen molar-refractivity contribution in [2.45, 2.75) is 44.2 Å². The number of nitrogens with zero attached hydrogens (tertiary/aromatic N) is 3. The fraction of sp³-hybridized carbons (Fsp3) is 0.444. The molecule has 1 aromatic heterocycles. The Morgan fingerprint density at radius 1 is 1.23 bits per heavy atom. The second kappa shape index (κ2) is 5.59. The van der Waals surface area contributed by atoms with Crippen LogP contribution in [0.4, 0.5) is 0 Å². The van der Waals surface area contributed by atoms with Crippen molar-refractivity contribution in [3.05, 3.63) is 53.9 Å². The van der Waals surface area contributed by atoms with Crippen LogP contribution in [0.5, 0.6) is 0 Å². The number of aryl methyl sites for hydroxylation is 1. The maximum Gasteiger partial charge on any atom is 0.230 e. The molecular formula is C18H21N3O. The molecule has 22 heavy (non-hydrogen) atoms. The molecule has 0 N–H and O–H groups in total. The summed E-state index contributed by atoms with van der Waals surface area (Å²) in [5.41, 5.74) is 2.60. The molecule has 1 aromatic carbocycles. The molecule has 2 atom stereocenters. The summed E-state index contributed by atoms with van der Waals surface area (Å²) in [6, 6.07) is 10.6. The van der Waals surface area contributed by atoms with E-state index in [0.717, 1.165) is 38.8 Å². The molecule has 0 radical (unpaired) electrons. The molecule has 2 heterocycles. The Kier molecular flexibility index (Phi) is 3.45. The van der Waals surface area contributed by atoms with Gasteiger partial charge in [0.05, 0.1) is 18.5 Å². The molecule has 1 fully saturated rings. The van der Waals surface area contributed by atoms with Crippen LogP contribution in [0.1, 0.15) is 36.3 Å². The molecule has 0 saturated carbocycles. The molecule has 114 valence electrons. The minimum Gasteiger partial charge on any atom is -0.337 e. The van der Waals surface area contributed by atoms with E-state index >= 15 is 0 Å². The van der Waals surface area contributed by atoms with Gasteiger partial charge in [0, 0.05) is 18.9 Å². The van der Waals surface area contributed by atoms with Gasteiger partial charge < -0.3 is 4.90 Å². The Labute approximate surface area is 130 Å². The van der Waals surface area contributed by atoms with Gasteiger partial charge in [0.15, 0.2) is 0 Å². The van der Waals surface area contributed by atoms with Crippen LogP contribution < -0.4 is 0 Å². The average Bonchev–Trinajstić information content (AvgIpc) is 3.27. The number of hydrogen-bond acceptors (Lipinski definition) is 2. The summed E-state index contributed by atoms with van der Waals surface area (Å²) in [4.78, 5) is 15.2. The third-order valence-corrected chi connectivity index (χ3v) is 5.05. The molecule has 1 aliphatic carbocycles. The lowest BCUT2D eigenvalue weighted by molar-refractivity contribution is -0.133. The first-order valence-corrected chi connectivity index (χ1v) is 8.18. The second-order valence-corrected chi connectivity index (χ2v) is 6.35. The summed E-state index contributed by atoms with van der Waals surface area (Å²) in [6.07, 6.45) is 7.96. The van der Waals surface area contributed by atoms with Crippen LogP contribution >= 0.6 is 0 Å². The lowest BCUT2D eigenvalue weighted by atomic mass is 9.99. The lowest BCUT2D eigenvalue weighted by Crippen LogP contribution is -2.40. The first-order valence-electron chi connectivity index (χ1n) is 8.18. The quantitative estimate of drug-likeness (QED) is 0.873. The molecule has 1 saturated heterocycles. The third kappa shape index (κ3) is 2.32. The highest BCUT2D eigenvalue weighted by atomic mass is 16.2. The number of aromatic nitrogens is 2. The van der Waals surface area contributed by atoms with Crippen molar-refractivity contribution in [3.8, 4) is 0 Å². The number of amides is 1. The van der Waals surface area contributed by atoms with Crippen LogP contribution in [0.3, 0.4) is 0 Å². The predicted octanol–water partition coefficient (Wildman–Crippen LogP) is 2.60. The van der Waals surface area contributed by atoms with Crippen molar-refractivity contribution in [1.82, 2.24) is 14.7 Å². The van der Waals surface area contributed by atoms with E-state index in [1.54, 1.807) is 6.20 Å². The molecule has 4 rings (SSSR count). The second-order valence-electron chi connectivity index (χ2n) is 6.35.